The second-order valence-corrected chi connectivity index (χ2v) is 8.03. The molecular formula is C21H31N3O5. The lowest BCUT2D eigenvalue weighted by Crippen LogP contribution is -2.47. The molecular weight excluding hydrogens is 374 g/mol. The Bertz CT molecular complexity index is 704. The summed E-state index contributed by atoms with van der Waals surface area (Å²) in [6.07, 6.45) is 0.867. The number of likely N-dealkylation sites (tertiary alicyclic amines) is 1. The van der Waals surface area contributed by atoms with Crippen molar-refractivity contribution in [1.82, 2.24) is 10.2 Å². The summed E-state index contributed by atoms with van der Waals surface area (Å²) in [5.41, 5.74) is 0.894. The van der Waals surface area contributed by atoms with Crippen molar-refractivity contribution in [2.75, 3.05) is 25.0 Å². The lowest BCUT2D eigenvalue weighted by atomic mass is 10.0. The maximum absolute atomic E-state index is 12.3. The fourth-order valence-electron chi connectivity index (χ4n) is 3.01. The van der Waals surface area contributed by atoms with Crippen LogP contribution in [0.1, 0.15) is 46.1 Å². The van der Waals surface area contributed by atoms with E-state index >= 15 is 0 Å². The maximum Gasteiger partial charge on any atom is 0.412 e. The Hall–Kier alpha value is -2.77. The normalized spacial score (nSPS) is 14.8. The van der Waals surface area contributed by atoms with Gasteiger partial charge in [0.2, 0.25) is 5.91 Å². The summed E-state index contributed by atoms with van der Waals surface area (Å²) in [6.45, 7) is 8.70. The Labute approximate surface area is 171 Å². The molecule has 0 radical (unpaired) electrons. The number of piperidine rings is 1. The summed E-state index contributed by atoms with van der Waals surface area (Å²) in [4.78, 5) is 37.5. The fourth-order valence-corrected chi connectivity index (χ4v) is 3.01. The molecule has 0 aliphatic carbocycles. The zero-order valence-corrected chi connectivity index (χ0v) is 17.6. The second-order valence-electron chi connectivity index (χ2n) is 8.03. The molecule has 1 aliphatic heterocycles. The van der Waals surface area contributed by atoms with Crippen molar-refractivity contribution in [1.29, 1.82) is 0 Å². The molecule has 0 spiro atoms. The van der Waals surface area contributed by atoms with Crippen LogP contribution in [0, 0.1) is 0 Å². The highest BCUT2D eigenvalue weighted by Gasteiger charge is 2.24. The SMILES string of the molecule is CCOC(=O)N1CCC(NC(=O)Cc2ccc(NC(=O)OC(C)(C)C)cc2)CC1. The van der Waals surface area contributed by atoms with Gasteiger partial charge in [-0.1, -0.05) is 12.1 Å². The van der Waals surface area contributed by atoms with Gasteiger partial charge in [-0.3, -0.25) is 10.1 Å². The first-order valence-electron chi connectivity index (χ1n) is 9.96. The van der Waals surface area contributed by atoms with Crippen molar-refractivity contribution in [2.24, 2.45) is 0 Å². The van der Waals surface area contributed by atoms with Crippen LogP contribution >= 0.6 is 0 Å². The van der Waals surface area contributed by atoms with Crippen molar-refractivity contribution in [3.05, 3.63) is 29.8 Å². The molecule has 0 unspecified atom stereocenters. The van der Waals surface area contributed by atoms with Crippen molar-refractivity contribution in [2.45, 2.75) is 58.6 Å². The first-order valence-corrected chi connectivity index (χ1v) is 9.96. The smallest absolute Gasteiger partial charge is 0.412 e. The van der Waals surface area contributed by atoms with Crippen LogP contribution in [0.4, 0.5) is 15.3 Å². The third-order valence-electron chi connectivity index (χ3n) is 4.35. The zero-order valence-electron chi connectivity index (χ0n) is 17.6. The van der Waals surface area contributed by atoms with Crippen molar-refractivity contribution >= 4 is 23.8 Å². The van der Waals surface area contributed by atoms with Crippen LogP contribution in [0.25, 0.3) is 0 Å². The first kappa shape index (κ1) is 22.5. The molecule has 160 valence electrons. The largest absolute Gasteiger partial charge is 0.450 e. The van der Waals surface area contributed by atoms with Crippen LogP contribution in [0.5, 0.6) is 0 Å². The van der Waals surface area contributed by atoms with Crippen molar-refractivity contribution < 1.29 is 23.9 Å². The molecule has 3 amide bonds. The van der Waals surface area contributed by atoms with Crippen LogP contribution in [-0.2, 0) is 20.7 Å². The number of nitrogens with zero attached hydrogens (tertiary/aromatic N) is 1. The average Bonchev–Trinajstić information content (AvgIpc) is 2.62. The number of ether oxygens (including phenoxy) is 2. The number of carbonyl (C=O) groups excluding carboxylic acids is 3. The second kappa shape index (κ2) is 10.1. The molecule has 8 heteroatoms. The standard InChI is InChI=1S/C21H31N3O5/c1-5-28-20(27)24-12-10-17(11-13-24)22-18(25)14-15-6-8-16(9-7-15)23-19(26)29-21(2,3)4/h6-9,17H,5,10-14H2,1-4H3,(H,22,25)(H,23,26). The van der Waals surface area contributed by atoms with Gasteiger partial charge in [-0.2, -0.15) is 0 Å². The number of hydrogen-bond acceptors (Lipinski definition) is 5. The Balaban J connectivity index is 1.75. The van der Waals surface area contributed by atoms with Crippen LogP contribution in [-0.4, -0.2) is 54.3 Å². The highest BCUT2D eigenvalue weighted by Crippen LogP contribution is 2.15. The molecule has 1 aliphatic rings. The lowest BCUT2D eigenvalue weighted by Gasteiger charge is -2.31. The maximum atomic E-state index is 12.3. The molecule has 0 saturated carbocycles. The number of amides is 3. The van der Waals surface area contributed by atoms with E-state index in [0.29, 0.717) is 38.2 Å². The molecule has 1 saturated heterocycles. The minimum absolute atomic E-state index is 0.0567. The molecule has 1 fully saturated rings. The van der Waals surface area contributed by atoms with E-state index in [-0.39, 0.29) is 24.5 Å². The number of anilines is 1. The molecule has 1 aromatic rings. The van der Waals surface area contributed by atoms with Crippen molar-refractivity contribution in [3.63, 3.8) is 0 Å². The number of carbonyl (C=O) groups is 3. The van der Waals surface area contributed by atoms with Crippen LogP contribution < -0.4 is 10.6 Å². The van der Waals surface area contributed by atoms with Crippen LogP contribution in [0.3, 0.4) is 0 Å². The third kappa shape index (κ3) is 8.01. The molecule has 0 atom stereocenters. The van der Waals surface area contributed by atoms with Crippen molar-refractivity contribution in [3.8, 4) is 0 Å². The average molecular weight is 405 g/mol. The van der Waals surface area contributed by atoms with Gasteiger partial charge in [0.15, 0.2) is 0 Å². The molecule has 0 bridgehead atoms. The minimum Gasteiger partial charge on any atom is -0.450 e. The topological polar surface area (TPSA) is 97.0 Å². The van der Waals surface area contributed by atoms with Gasteiger partial charge >= 0.3 is 12.2 Å². The van der Waals surface area contributed by atoms with Gasteiger partial charge in [-0.05, 0) is 58.2 Å². The van der Waals surface area contributed by atoms with Crippen LogP contribution in [0.15, 0.2) is 24.3 Å². The summed E-state index contributed by atoms with van der Waals surface area (Å²) >= 11 is 0. The summed E-state index contributed by atoms with van der Waals surface area (Å²) in [5.74, 6) is -0.0626. The summed E-state index contributed by atoms with van der Waals surface area (Å²) in [7, 11) is 0. The van der Waals surface area contributed by atoms with Gasteiger partial charge < -0.3 is 19.7 Å². The monoisotopic (exact) mass is 405 g/mol. The molecule has 1 aromatic carbocycles. The highest BCUT2D eigenvalue weighted by atomic mass is 16.6. The Morgan fingerprint density at radius 1 is 1.10 bits per heavy atom. The van der Waals surface area contributed by atoms with E-state index in [1.165, 1.54) is 0 Å². The predicted octanol–water partition coefficient (Wildman–Crippen LogP) is 3.31. The molecule has 0 aromatic heterocycles. The fraction of sp³-hybridized carbons (Fsp3) is 0.571. The van der Waals surface area contributed by atoms with Gasteiger partial charge in [-0.25, -0.2) is 9.59 Å². The van der Waals surface area contributed by atoms with Crippen LogP contribution in [0.2, 0.25) is 0 Å². The van der Waals surface area contributed by atoms with Gasteiger partial charge in [-0.15, -0.1) is 0 Å². The summed E-state index contributed by atoms with van der Waals surface area (Å²) < 4.78 is 10.2. The molecule has 2 rings (SSSR count). The zero-order chi connectivity index (χ0) is 21.4. The lowest BCUT2D eigenvalue weighted by molar-refractivity contribution is -0.121. The van der Waals surface area contributed by atoms with Gasteiger partial charge in [0.25, 0.3) is 0 Å². The quantitative estimate of drug-likeness (QED) is 0.783. The van der Waals surface area contributed by atoms with E-state index in [1.54, 1.807) is 56.9 Å². The molecule has 1 heterocycles. The van der Waals surface area contributed by atoms with E-state index < -0.39 is 11.7 Å². The van der Waals surface area contributed by atoms with E-state index in [1.807, 2.05) is 0 Å². The third-order valence-corrected chi connectivity index (χ3v) is 4.35. The number of rotatable bonds is 5. The molecule has 2 N–H and O–H groups in total. The first-order chi connectivity index (χ1) is 13.7. The van der Waals surface area contributed by atoms with Gasteiger partial charge in [0.05, 0.1) is 13.0 Å². The molecule has 29 heavy (non-hydrogen) atoms. The molecule has 8 nitrogen and oxygen atoms in total. The van der Waals surface area contributed by atoms with E-state index in [9.17, 15) is 14.4 Å². The highest BCUT2D eigenvalue weighted by molar-refractivity contribution is 5.85. The summed E-state index contributed by atoms with van der Waals surface area (Å²) in [5, 5.41) is 5.69. The Morgan fingerprint density at radius 2 is 1.72 bits per heavy atom. The van der Waals surface area contributed by atoms with E-state index in [2.05, 4.69) is 10.6 Å². The van der Waals surface area contributed by atoms with Gasteiger partial charge in [0.1, 0.15) is 5.60 Å². The Morgan fingerprint density at radius 3 is 2.28 bits per heavy atom. The number of hydrogen-bond donors (Lipinski definition) is 2. The van der Waals surface area contributed by atoms with E-state index in [0.717, 1.165) is 5.56 Å². The van der Waals surface area contributed by atoms with E-state index in [4.69, 9.17) is 9.47 Å². The Kier molecular flexibility index (Phi) is 7.87. The number of nitrogens with one attached hydrogen (secondary N) is 2. The predicted molar refractivity (Wildman–Crippen MR) is 110 cm³/mol. The number of benzene rings is 1. The summed E-state index contributed by atoms with van der Waals surface area (Å²) in [6, 6.07) is 7.14. The van der Waals surface area contributed by atoms with Gasteiger partial charge in [0, 0.05) is 24.8 Å². The minimum atomic E-state index is -0.561.